The minimum atomic E-state index is -0.144. The van der Waals surface area contributed by atoms with Gasteiger partial charge in [0.05, 0.1) is 11.7 Å². The van der Waals surface area contributed by atoms with Gasteiger partial charge in [-0.3, -0.25) is 14.5 Å². The molecule has 3 rings (SSSR count). The Morgan fingerprint density at radius 2 is 1.56 bits per heavy atom. The lowest BCUT2D eigenvalue weighted by molar-refractivity contribution is -0.137. The van der Waals surface area contributed by atoms with Gasteiger partial charge in [0.25, 0.3) is 11.8 Å². The third-order valence-electron chi connectivity index (χ3n) is 6.49. The maximum atomic E-state index is 13.5. The molecule has 1 aromatic carbocycles. The maximum absolute atomic E-state index is 13.5. The normalized spacial score (nSPS) is 17.8. The van der Waals surface area contributed by atoms with E-state index in [0.717, 1.165) is 50.1 Å². The summed E-state index contributed by atoms with van der Waals surface area (Å²) in [5, 5.41) is 0. The number of rotatable bonds is 11. The standard InChI is InChI=1S/C27H40N2O3/c1-5-6-7-8-9-10-17-29-26(30)24(22-11-13-23(14-12-22)32-20(2)3)25(27(29)31)28-18-15-21(4)16-19-28/h11-14,20-21H,5-10,15-19H2,1-4H3. The lowest BCUT2D eigenvalue weighted by Crippen LogP contribution is -2.38. The van der Waals surface area contributed by atoms with Gasteiger partial charge in [0, 0.05) is 19.6 Å². The minimum Gasteiger partial charge on any atom is -0.491 e. The molecule has 5 heteroatoms. The molecular formula is C27H40N2O3. The van der Waals surface area contributed by atoms with Crippen molar-refractivity contribution >= 4 is 17.4 Å². The highest BCUT2D eigenvalue weighted by Gasteiger charge is 2.41. The Balaban J connectivity index is 1.80. The lowest BCUT2D eigenvalue weighted by Gasteiger charge is -2.32. The van der Waals surface area contributed by atoms with Gasteiger partial charge in [-0.15, -0.1) is 0 Å². The highest BCUT2D eigenvalue weighted by Crippen LogP contribution is 2.34. The Morgan fingerprint density at radius 3 is 2.19 bits per heavy atom. The van der Waals surface area contributed by atoms with Crippen LogP contribution in [0.5, 0.6) is 5.75 Å². The van der Waals surface area contributed by atoms with Crippen LogP contribution >= 0.6 is 0 Å². The van der Waals surface area contributed by atoms with Crippen molar-refractivity contribution in [1.29, 1.82) is 0 Å². The summed E-state index contributed by atoms with van der Waals surface area (Å²) in [6.45, 7) is 10.6. The van der Waals surface area contributed by atoms with Crippen molar-refractivity contribution in [2.75, 3.05) is 19.6 Å². The molecular weight excluding hydrogens is 400 g/mol. The maximum Gasteiger partial charge on any atom is 0.277 e. The molecule has 5 nitrogen and oxygen atoms in total. The smallest absolute Gasteiger partial charge is 0.277 e. The molecule has 0 spiro atoms. The van der Waals surface area contributed by atoms with E-state index in [1.807, 2.05) is 38.1 Å². The van der Waals surface area contributed by atoms with Crippen molar-refractivity contribution in [3.8, 4) is 5.75 Å². The number of unbranched alkanes of at least 4 members (excludes halogenated alkanes) is 5. The first kappa shape index (κ1) is 24.3. The van der Waals surface area contributed by atoms with Crippen molar-refractivity contribution < 1.29 is 14.3 Å². The van der Waals surface area contributed by atoms with E-state index in [2.05, 4.69) is 18.7 Å². The fourth-order valence-electron chi connectivity index (χ4n) is 4.57. The molecule has 2 aliphatic heterocycles. The van der Waals surface area contributed by atoms with Crippen LogP contribution in [0, 0.1) is 5.92 Å². The topological polar surface area (TPSA) is 49.9 Å². The molecule has 0 aliphatic carbocycles. The summed E-state index contributed by atoms with van der Waals surface area (Å²) >= 11 is 0. The van der Waals surface area contributed by atoms with Crippen molar-refractivity contribution in [1.82, 2.24) is 9.80 Å². The fraction of sp³-hybridized carbons (Fsp3) is 0.630. The monoisotopic (exact) mass is 440 g/mol. The van der Waals surface area contributed by atoms with Gasteiger partial charge in [-0.25, -0.2) is 0 Å². The molecule has 2 amide bonds. The summed E-state index contributed by atoms with van der Waals surface area (Å²) in [5.41, 5.74) is 1.97. The molecule has 32 heavy (non-hydrogen) atoms. The van der Waals surface area contributed by atoms with Crippen molar-refractivity contribution in [2.45, 2.75) is 85.2 Å². The van der Waals surface area contributed by atoms with Gasteiger partial charge in [-0.2, -0.15) is 0 Å². The summed E-state index contributed by atoms with van der Waals surface area (Å²) in [6.07, 6.45) is 8.99. The van der Waals surface area contributed by atoms with Gasteiger partial charge in [-0.05, 0) is 56.7 Å². The number of benzene rings is 1. The number of likely N-dealkylation sites (tertiary alicyclic amines) is 1. The third kappa shape index (κ3) is 5.93. The van der Waals surface area contributed by atoms with Crippen molar-refractivity contribution in [3.63, 3.8) is 0 Å². The zero-order chi connectivity index (χ0) is 23.1. The van der Waals surface area contributed by atoms with E-state index in [0.29, 0.717) is 23.7 Å². The van der Waals surface area contributed by atoms with Gasteiger partial charge in [-0.1, -0.05) is 58.1 Å². The quantitative estimate of drug-likeness (QED) is 0.330. The summed E-state index contributed by atoms with van der Waals surface area (Å²) in [7, 11) is 0. The molecule has 2 aliphatic rings. The molecule has 0 bridgehead atoms. The SMILES string of the molecule is CCCCCCCCN1C(=O)C(c2ccc(OC(C)C)cc2)=C(N2CCC(C)CC2)C1=O. The van der Waals surface area contributed by atoms with E-state index in [9.17, 15) is 9.59 Å². The van der Waals surface area contributed by atoms with Gasteiger partial charge in [0.1, 0.15) is 11.4 Å². The summed E-state index contributed by atoms with van der Waals surface area (Å²) in [5.74, 6) is 1.18. The fourth-order valence-corrected chi connectivity index (χ4v) is 4.57. The molecule has 0 radical (unpaired) electrons. The number of piperidine rings is 1. The molecule has 1 aromatic rings. The van der Waals surface area contributed by atoms with Crippen LogP contribution in [0.3, 0.4) is 0 Å². The van der Waals surface area contributed by atoms with Crippen molar-refractivity contribution in [3.05, 3.63) is 35.5 Å². The second kappa shape index (κ2) is 11.5. The zero-order valence-electron chi connectivity index (χ0n) is 20.4. The number of carbonyl (C=O) groups excluding carboxylic acids is 2. The van der Waals surface area contributed by atoms with E-state index in [1.165, 1.54) is 30.6 Å². The largest absolute Gasteiger partial charge is 0.491 e. The summed E-state index contributed by atoms with van der Waals surface area (Å²) in [4.78, 5) is 30.5. The molecule has 1 fully saturated rings. The minimum absolute atomic E-state index is 0.0912. The average Bonchev–Trinajstić information content (AvgIpc) is 3.01. The van der Waals surface area contributed by atoms with E-state index < -0.39 is 0 Å². The molecule has 1 saturated heterocycles. The highest BCUT2D eigenvalue weighted by molar-refractivity contribution is 6.35. The molecule has 0 N–H and O–H groups in total. The van der Waals surface area contributed by atoms with Crippen LogP contribution in [-0.2, 0) is 9.59 Å². The third-order valence-corrected chi connectivity index (χ3v) is 6.49. The Kier molecular flexibility index (Phi) is 8.77. The van der Waals surface area contributed by atoms with E-state index in [1.54, 1.807) is 0 Å². The number of nitrogens with zero attached hydrogens (tertiary/aromatic N) is 2. The van der Waals surface area contributed by atoms with Gasteiger partial charge in [0.15, 0.2) is 0 Å². The Bertz CT molecular complexity index is 805. The predicted molar refractivity (Wildman–Crippen MR) is 129 cm³/mol. The molecule has 0 unspecified atom stereocenters. The average molecular weight is 441 g/mol. The van der Waals surface area contributed by atoms with Crippen LogP contribution in [0.2, 0.25) is 0 Å². The van der Waals surface area contributed by atoms with Crippen LogP contribution in [-0.4, -0.2) is 47.4 Å². The van der Waals surface area contributed by atoms with E-state index in [-0.39, 0.29) is 17.9 Å². The lowest BCUT2D eigenvalue weighted by atomic mass is 9.97. The van der Waals surface area contributed by atoms with Crippen LogP contribution in [0.25, 0.3) is 5.57 Å². The first-order chi connectivity index (χ1) is 15.4. The second-order valence-electron chi connectivity index (χ2n) is 9.61. The molecule has 0 atom stereocenters. The Hall–Kier alpha value is -2.30. The molecule has 2 heterocycles. The number of hydrogen-bond acceptors (Lipinski definition) is 4. The first-order valence-electron chi connectivity index (χ1n) is 12.5. The summed E-state index contributed by atoms with van der Waals surface area (Å²) < 4.78 is 5.76. The number of hydrogen-bond donors (Lipinski definition) is 0. The first-order valence-corrected chi connectivity index (χ1v) is 12.5. The van der Waals surface area contributed by atoms with Gasteiger partial charge in [0.2, 0.25) is 0 Å². The van der Waals surface area contributed by atoms with Crippen LogP contribution in [0.1, 0.15) is 84.6 Å². The number of imide groups is 1. The number of carbonyl (C=O) groups is 2. The molecule has 0 aromatic heterocycles. The van der Waals surface area contributed by atoms with Gasteiger partial charge >= 0.3 is 0 Å². The van der Waals surface area contributed by atoms with Gasteiger partial charge < -0.3 is 9.64 Å². The second-order valence-corrected chi connectivity index (χ2v) is 9.61. The summed E-state index contributed by atoms with van der Waals surface area (Å²) in [6, 6.07) is 7.62. The predicted octanol–water partition coefficient (Wildman–Crippen LogP) is 5.65. The Labute approximate surface area is 193 Å². The van der Waals surface area contributed by atoms with Crippen LogP contribution in [0.4, 0.5) is 0 Å². The number of amides is 2. The van der Waals surface area contributed by atoms with Crippen LogP contribution in [0.15, 0.2) is 30.0 Å². The van der Waals surface area contributed by atoms with E-state index in [4.69, 9.17) is 4.74 Å². The van der Waals surface area contributed by atoms with E-state index >= 15 is 0 Å². The highest BCUT2D eigenvalue weighted by atomic mass is 16.5. The number of ether oxygens (including phenoxy) is 1. The zero-order valence-corrected chi connectivity index (χ0v) is 20.4. The van der Waals surface area contributed by atoms with Crippen LogP contribution < -0.4 is 4.74 Å². The Morgan fingerprint density at radius 1 is 0.938 bits per heavy atom. The van der Waals surface area contributed by atoms with Crippen molar-refractivity contribution in [2.24, 2.45) is 5.92 Å². The molecule has 0 saturated carbocycles. The molecule has 176 valence electrons.